The lowest BCUT2D eigenvalue weighted by Gasteiger charge is -2.15. The Balaban J connectivity index is 0.00000300. The monoisotopic (exact) mass is 522 g/mol. The number of pyridine rings is 1. The predicted molar refractivity (Wildman–Crippen MR) is 133 cm³/mol. The van der Waals surface area contributed by atoms with E-state index in [0.717, 1.165) is 23.6 Å². The summed E-state index contributed by atoms with van der Waals surface area (Å²) in [7, 11) is 1.78. The van der Waals surface area contributed by atoms with Crippen LogP contribution in [0.5, 0.6) is 0 Å². The van der Waals surface area contributed by atoms with E-state index in [9.17, 15) is 4.79 Å². The molecule has 0 bridgehead atoms. The number of benzene rings is 1. The van der Waals surface area contributed by atoms with Gasteiger partial charge in [0.25, 0.3) is 5.56 Å². The fourth-order valence-corrected chi connectivity index (χ4v) is 3.66. The highest BCUT2D eigenvalue weighted by atomic mass is 127. The first kappa shape index (κ1) is 23.2. The Hall–Kier alpha value is -2.13. The number of hydrogen-bond acceptors (Lipinski definition) is 3. The fraction of sp³-hybridized carbons (Fsp3) is 0.273. The van der Waals surface area contributed by atoms with Crippen molar-refractivity contribution in [3.05, 3.63) is 92.5 Å². The zero-order valence-electron chi connectivity index (χ0n) is 16.7. The van der Waals surface area contributed by atoms with Gasteiger partial charge in [0.05, 0.1) is 6.54 Å². The molecule has 1 atom stereocenters. The lowest BCUT2D eigenvalue weighted by atomic mass is 10.1. The molecule has 3 rings (SSSR count). The van der Waals surface area contributed by atoms with Gasteiger partial charge in [0, 0.05) is 32.4 Å². The Labute approximate surface area is 192 Å². The van der Waals surface area contributed by atoms with Gasteiger partial charge in [0.2, 0.25) is 0 Å². The van der Waals surface area contributed by atoms with Gasteiger partial charge in [-0.1, -0.05) is 37.3 Å². The summed E-state index contributed by atoms with van der Waals surface area (Å²) in [6.07, 6.45) is 1.81. The van der Waals surface area contributed by atoms with E-state index in [1.807, 2.05) is 12.3 Å². The molecule has 0 aliphatic heterocycles. The molecule has 0 aliphatic rings. The summed E-state index contributed by atoms with van der Waals surface area (Å²) < 4.78 is 1.70. The molecule has 2 N–H and O–H groups in total. The van der Waals surface area contributed by atoms with Crippen LogP contribution in [0.15, 0.2) is 75.3 Å². The molecule has 2 aromatic heterocycles. The molecule has 1 unspecified atom stereocenters. The quantitative estimate of drug-likeness (QED) is 0.280. The molecule has 5 nitrogen and oxygen atoms in total. The lowest BCUT2D eigenvalue weighted by Crippen LogP contribution is -2.38. The number of aliphatic imine (C=N–C) groups is 1. The highest BCUT2D eigenvalue weighted by molar-refractivity contribution is 14.0. The van der Waals surface area contributed by atoms with Crippen molar-refractivity contribution in [1.82, 2.24) is 15.2 Å². The van der Waals surface area contributed by atoms with Crippen LogP contribution in [-0.2, 0) is 13.1 Å². The van der Waals surface area contributed by atoms with Gasteiger partial charge in [0.15, 0.2) is 5.96 Å². The molecule has 0 spiro atoms. The van der Waals surface area contributed by atoms with Crippen LogP contribution in [0, 0.1) is 0 Å². The first-order valence-corrected chi connectivity index (χ1v) is 10.3. The van der Waals surface area contributed by atoms with Crippen molar-refractivity contribution in [3.63, 3.8) is 0 Å². The molecule has 7 heteroatoms. The smallest absolute Gasteiger partial charge is 0.250 e. The maximum absolute atomic E-state index is 11.8. The van der Waals surface area contributed by atoms with Crippen LogP contribution in [-0.4, -0.2) is 24.1 Å². The summed E-state index contributed by atoms with van der Waals surface area (Å²) in [5.41, 5.74) is 3.63. The van der Waals surface area contributed by atoms with Crippen molar-refractivity contribution in [2.75, 3.05) is 13.6 Å². The third kappa shape index (κ3) is 7.01. The summed E-state index contributed by atoms with van der Waals surface area (Å²) in [4.78, 5) is 16.1. The van der Waals surface area contributed by atoms with Gasteiger partial charge in [-0.2, -0.15) is 11.3 Å². The van der Waals surface area contributed by atoms with Gasteiger partial charge in [-0.05, 0) is 45.5 Å². The molecule has 0 aliphatic carbocycles. The summed E-state index contributed by atoms with van der Waals surface area (Å²) in [5.74, 6) is 1.23. The topological polar surface area (TPSA) is 58.4 Å². The summed E-state index contributed by atoms with van der Waals surface area (Å²) >= 11 is 1.73. The van der Waals surface area contributed by atoms with Crippen molar-refractivity contribution in [2.24, 2.45) is 4.99 Å². The maximum atomic E-state index is 11.8. The largest absolute Gasteiger partial charge is 0.356 e. The fourth-order valence-electron chi connectivity index (χ4n) is 2.88. The standard InChI is InChI=1S/C22H26N4OS.HI/c1-17(20-10-12-28-16-20)13-24-22(23-2)25-14-18-6-8-19(9-7-18)15-26-11-4-3-5-21(26)27;/h3-12,16-17H,13-15H2,1-2H3,(H2,23,24,25);1H. The molecule has 154 valence electrons. The molecule has 0 saturated heterocycles. The Kier molecular flexibility index (Phi) is 9.40. The number of rotatable bonds is 7. The van der Waals surface area contributed by atoms with Crippen LogP contribution < -0.4 is 16.2 Å². The highest BCUT2D eigenvalue weighted by Crippen LogP contribution is 2.17. The average Bonchev–Trinajstić information content (AvgIpc) is 3.26. The van der Waals surface area contributed by atoms with Gasteiger partial charge in [-0.3, -0.25) is 9.79 Å². The molecule has 0 radical (unpaired) electrons. The van der Waals surface area contributed by atoms with Crippen LogP contribution >= 0.6 is 35.3 Å². The molecular weight excluding hydrogens is 495 g/mol. The minimum atomic E-state index is 0. The van der Waals surface area contributed by atoms with Gasteiger partial charge < -0.3 is 15.2 Å². The second kappa shape index (κ2) is 11.8. The Bertz CT molecular complexity index is 951. The van der Waals surface area contributed by atoms with Gasteiger partial charge in [-0.25, -0.2) is 0 Å². The van der Waals surface area contributed by atoms with Crippen molar-refractivity contribution in [3.8, 4) is 0 Å². The Morgan fingerprint density at radius 3 is 2.52 bits per heavy atom. The third-order valence-electron chi connectivity index (χ3n) is 4.65. The second-order valence-electron chi connectivity index (χ2n) is 6.75. The first-order valence-electron chi connectivity index (χ1n) is 9.35. The summed E-state index contributed by atoms with van der Waals surface area (Å²) in [6, 6.07) is 15.7. The number of hydrogen-bond donors (Lipinski definition) is 2. The molecule has 29 heavy (non-hydrogen) atoms. The third-order valence-corrected chi connectivity index (χ3v) is 5.35. The van der Waals surface area contributed by atoms with Gasteiger partial charge in [0.1, 0.15) is 0 Å². The molecule has 0 fully saturated rings. The van der Waals surface area contributed by atoms with Crippen molar-refractivity contribution >= 4 is 41.3 Å². The van der Waals surface area contributed by atoms with Gasteiger partial charge >= 0.3 is 0 Å². The molecule has 1 aromatic carbocycles. The van der Waals surface area contributed by atoms with E-state index in [1.54, 1.807) is 35.1 Å². The maximum Gasteiger partial charge on any atom is 0.250 e. The molecule has 2 heterocycles. The van der Waals surface area contributed by atoms with Crippen LogP contribution in [0.1, 0.15) is 29.5 Å². The SMILES string of the molecule is CN=C(NCc1ccc(Cn2ccccc2=O)cc1)NCC(C)c1ccsc1.I. The zero-order valence-corrected chi connectivity index (χ0v) is 19.8. The predicted octanol–water partition coefficient (Wildman–Crippen LogP) is 4.04. The van der Waals surface area contributed by atoms with Crippen LogP contribution in [0.25, 0.3) is 0 Å². The van der Waals surface area contributed by atoms with E-state index in [4.69, 9.17) is 0 Å². The van der Waals surface area contributed by atoms with Crippen molar-refractivity contribution in [1.29, 1.82) is 0 Å². The number of nitrogens with zero attached hydrogens (tertiary/aromatic N) is 2. The zero-order chi connectivity index (χ0) is 19.8. The number of halogens is 1. The van der Waals surface area contributed by atoms with Crippen LogP contribution in [0.3, 0.4) is 0 Å². The van der Waals surface area contributed by atoms with Crippen LogP contribution in [0.4, 0.5) is 0 Å². The van der Waals surface area contributed by atoms with E-state index >= 15 is 0 Å². The number of thiophene rings is 1. The van der Waals surface area contributed by atoms with Gasteiger partial charge in [-0.15, -0.1) is 24.0 Å². The highest BCUT2D eigenvalue weighted by Gasteiger charge is 2.07. The number of guanidine groups is 1. The normalized spacial score (nSPS) is 12.1. The van der Waals surface area contributed by atoms with Crippen molar-refractivity contribution < 1.29 is 0 Å². The number of nitrogens with one attached hydrogen (secondary N) is 2. The summed E-state index contributed by atoms with van der Waals surface area (Å²) in [6.45, 7) is 4.31. The minimum absolute atomic E-state index is 0. The first-order chi connectivity index (χ1) is 13.7. The van der Waals surface area contributed by atoms with E-state index in [0.29, 0.717) is 19.0 Å². The molecular formula is C22H27IN4OS. The Morgan fingerprint density at radius 2 is 1.86 bits per heavy atom. The molecule has 3 aromatic rings. The number of aromatic nitrogens is 1. The van der Waals surface area contributed by atoms with E-state index in [-0.39, 0.29) is 29.5 Å². The van der Waals surface area contributed by atoms with E-state index in [2.05, 4.69) is 63.6 Å². The second-order valence-corrected chi connectivity index (χ2v) is 7.53. The van der Waals surface area contributed by atoms with E-state index in [1.165, 1.54) is 5.56 Å². The average molecular weight is 522 g/mol. The van der Waals surface area contributed by atoms with Crippen LogP contribution in [0.2, 0.25) is 0 Å². The lowest BCUT2D eigenvalue weighted by molar-refractivity contribution is 0.700. The Morgan fingerprint density at radius 1 is 1.10 bits per heavy atom. The van der Waals surface area contributed by atoms with Crippen molar-refractivity contribution in [2.45, 2.75) is 25.9 Å². The minimum Gasteiger partial charge on any atom is -0.356 e. The molecule has 0 saturated carbocycles. The van der Waals surface area contributed by atoms with E-state index < -0.39 is 0 Å². The molecule has 0 amide bonds. The summed E-state index contributed by atoms with van der Waals surface area (Å²) in [5, 5.41) is 11.0.